The lowest BCUT2D eigenvalue weighted by Gasteiger charge is -2.11. The smallest absolute Gasteiger partial charge is 0.492 e. The van der Waals surface area contributed by atoms with Gasteiger partial charge >= 0.3 is 7.12 Å². The molecule has 0 heterocycles. The van der Waals surface area contributed by atoms with E-state index in [9.17, 15) is 10.0 Å². The lowest BCUT2D eigenvalue weighted by Crippen LogP contribution is -2.31. The topological polar surface area (TPSA) is 49.7 Å². The van der Waals surface area contributed by atoms with Crippen molar-refractivity contribution in [1.29, 1.82) is 0 Å². The summed E-state index contributed by atoms with van der Waals surface area (Å²) in [6, 6.07) is 11.9. The van der Waals surface area contributed by atoms with Gasteiger partial charge in [-0.2, -0.15) is 0 Å². The van der Waals surface area contributed by atoms with E-state index in [1.807, 2.05) is 6.07 Å². The van der Waals surface area contributed by atoms with Crippen LogP contribution in [0.25, 0.3) is 0 Å². The van der Waals surface area contributed by atoms with E-state index in [2.05, 4.69) is 32.0 Å². The lowest BCUT2D eigenvalue weighted by molar-refractivity contribution is 0.403. The first-order valence-corrected chi connectivity index (χ1v) is 7.73. The molecule has 2 aromatic rings. The van der Waals surface area contributed by atoms with E-state index in [1.54, 1.807) is 23.9 Å². The summed E-state index contributed by atoms with van der Waals surface area (Å²) in [6.07, 6.45) is 0. The molecule has 0 saturated heterocycles. The van der Waals surface area contributed by atoms with Gasteiger partial charge in [0.05, 0.1) is 7.11 Å². The predicted octanol–water partition coefficient (Wildman–Crippen LogP) is 2.28. The van der Waals surface area contributed by atoms with Gasteiger partial charge in [0, 0.05) is 16.1 Å². The van der Waals surface area contributed by atoms with E-state index in [1.165, 1.54) is 23.1 Å². The fourth-order valence-electron chi connectivity index (χ4n) is 2.10. The fraction of sp³-hybridized carbons (Fsp3) is 0.250. The highest BCUT2D eigenvalue weighted by Gasteiger charge is 2.17. The molecule has 0 fully saturated rings. The molecule has 0 atom stereocenters. The van der Waals surface area contributed by atoms with Crippen LogP contribution in [-0.2, 0) is 5.75 Å². The zero-order valence-electron chi connectivity index (χ0n) is 12.5. The first kappa shape index (κ1) is 16.0. The van der Waals surface area contributed by atoms with Crippen LogP contribution in [0.3, 0.4) is 0 Å². The zero-order valence-corrected chi connectivity index (χ0v) is 13.3. The molecule has 5 heteroatoms. The van der Waals surface area contributed by atoms with Crippen molar-refractivity contribution >= 4 is 24.3 Å². The number of thioether (sulfide) groups is 1. The molecule has 2 aromatic carbocycles. The minimum atomic E-state index is -1.52. The molecule has 2 rings (SSSR count). The molecule has 0 saturated carbocycles. The van der Waals surface area contributed by atoms with Crippen LogP contribution in [-0.4, -0.2) is 24.3 Å². The van der Waals surface area contributed by atoms with Gasteiger partial charge in [-0.15, -0.1) is 11.8 Å². The molecule has 0 aliphatic heterocycles. The van der Waals surface area contributed by atoms with Crippen molar-refractivity contribution in [3.05, 3.63) is 53.1 Å². The Kier molecular flexibility index (Phi) is 5.34. The second kappa shape index (κ2) is 7.03. The van der Waals surface area contributed by atoms with Gasteiger partial charge in [0.15, 0.2) is 0 Å². The van der Waals surface area contributed by atoms with Crippen LogP contribution in [0.4, 0.5) is 0 Å². The number of hydrogen-bond donors (Lipinski definition) is 2. The van der Waals surface area contributed by atoms with Crippen molar-refractivity contribution in [2.24, 2.45) is 0 Å². The summed E-state index contributed by atoms with van der Waals surface area (Å²) >= 11 is 1.74. The van der Waals surface area contributed by atoms with Crippen molar-refractivity contribution < 1.29 is 14.8 Å². The minimum absolute atomic E-state index is 0.400. The van der Waals surface area contributed by atoms with Crippen LogP contribution >= 0.6 is 11.8 Å². The van der Waals surface area contributed by atoms with Gasteiger partial charge in [0.1, 0.15) is 5.75 Å². The number of methoxy groups -OCH3 is 1. The summed E-state index contributed by atoms with van der Waals surface area (Å²) in [5.41, 5.74) is 3.92. The van der Waals surface area contributed by atoms with E-state index in [4.69, 9.17) is 4.74 Å². The molecule has 21 heavy (non-hydrogen) atoms. The molecule has 0 spiro atoms. The Labute approximate surface area is 130 Å². The van der Waals surface area contributed by atoms with Crippen molar-refractivity contribution in [3.63, 3.8) is 0 Å². The molecule has 110 valence electrons. The monoisotopic (exact) mass is 302 g/mol. The van der Waals surface area contributed by atoms with Gasteiger partial charge in [-0.25, -0.2) is 0 Å². The van der Waals surface area contributed by atoms with Gasteiger partial charge in [-0.05, 0) is 37.1 Å². The summed E-state index contributed by atoms with van der Waals surface area (Å²) in [6.45, 7) is 4.18. The standard InChI is InChI=1S/C16H19BO3S/c1-11-4-5-12(2)16(8-11)21-10-13-6-7-15(20-3)14(9-13)17(18)19/h4-9,18-19H,10H2,1-3H3. The lowest BCUT2D eigenvalue weighted by atomic mass is 9.79. The molecule has 0 bridgehead atoms. The maximum Gasteiger partial charge on any atom is 0.492 e. The molecular formula is C16H19BO3S. The van der Waals surface area contributed by atoms with Gasteiger partial charge in [0.25, 0.3) is 0 Å². The van der Waals surface area contributed by atoms with Crippen LogP contribution < -0.4 is 10.2 Å². The third-order valence-corrected chi connectivity index (χ3v) is 4.54. The summed E-state index contributed by atoms with van der Waals surface area (Å²) < 4.78 is 5.13. The van der Waals surface area contributed by atoms with Crippen molar-refractivity contribution in [3.8, 4) is 5.75 Å². The third-order valence-electron chi connectivity index (χ3n) is 3.31. The van der Waals surface area contributed by atoms with Crippen LogP contribution in [0.2, 0.25) is 0 Å². The first-order valence-electron chi connectivity index (χ1n) is 6.74. The Morgan fingerprint density at radius 1 is 1.10 bits per heavy atom. The Balaban J connectivity index is 2.16. The highest BCUT2D eigenvalue weighted by Crippen LogP contribution is 2.27. The van der Waals surface area contributed by atoms with Crippen molar-refractivity contribution in [2.75, 3.05) is 7.11 Å². The van der Waals surface area contributed by atoms with Crippen LogP contribution in [0.15, 0.2) is 41.3 Å². The summed E-state index contributed by atoms with van der Waals surface area (Å²) in [5.74, 6) is 1.26. The van der Waals surface area contributed by atoms with Crippen molar-refractivity contribution in [2.45, 2.75) is 24.5 Å². The number of ether oxygens (including phenoxy) is 1. The zero-order chi connectivity index (χ0) is 15.4. The third kappa shape index (κ3) is 4.03. The Morgan fingerprint density at radius 3 is 2.52 bits per heavy atom. The van der Waals surface area contributed by atoms with E-state index < -0.39 is 7.12 Å². The highest BCUT2D eigenvalue weighted by molar-refractivity contribution is 7.98. The predicted molar refractivity (Wildman–Crippen MR) is 88.3 cm³/mol. The molecule has 2 N–H and O–H groups in total. The SMILES string of the molecule is COc1ccc(CSc2cc(C)ccc2C)cc1B(O)O. The second-order valence-electron chi connectivity index (χ2n) is 5.01. The normalized spacial score (nSPS) is 10.5. The van der Waals surface area contributed by atoms with Crippen molar-refractivity contribution in [1.82, 2.24) is 0 Å². The summed E-state index contributed by atoms with van der Waals surface area (Å²) in [5, 5.41) is 18.8. The van der Waals surface area contributed by atoms with Gasteiger partial charge < -0.3 is 14.8 Å². The first-order chi connectivity index (χ1) is 10.0. The number of hydrogen-bond acceptors (Lipinski definition) is 4. The Morgan fingerprint density at radius 2 is 1.86 bits per heavy atom. The molecule has 0 aliphatic carbocycles. The van der Waals surface area contributed by atoms with Crippen LogP contribution in [0, 0.1) is 13.8 Å². The quantitative estimate of drug-likeness (QED) is 0.657. The number of aryl methyl sites for hydroxylation is 2. The van der Waals surface area contributed by atoms with E-state index >= 15 is 0 Å². The van der Waals surface area contributed by atoms with Gasteiger partial charge in [0.2, 0.25) is 0 Å². The van der Waals surface area contributed by atoms with Crippen LogP contribution in [0.1, 0.15) is 16.7 Å². The van der Waals surface area contributed by atoms with Gasteiger partial charge in [-0.3, -0.25) is 0 Å². The fourth-order valence-corrected chi connectivity index (χ4v) is 3.17. The second-order valence-corrected chi connectivity index (χ2v) is 6.02. The largest absolute Gasteiger partial charge is 0.497 e. The van der Waals surface area contributed by atoms with Gasteiger partial charge in [-0.1, -0.05) is 29.8 Å². The maximum atomic E-state index is 9.39. The average Bonchev–Trinajstić information content (AvgIpc) is 2.47. The molecule has 0 radical (unpaired) electrons. The number of rotatable bonds is 5. The van der Waals surface area contributed by atoms with E-state index in [0.717, 1.165) is 11.3 Å². The molecule has 0 aliphatic rings. The minimum Gasteiger partial charge on any atom is -0.497 e. The number of benzene rings is 2. The Bertz CT molecular complexity index is 629. The average molecular weight is 302 g/mol. The highest BCUT2D eigenvalue weighted by atomic mass is 32.2. The molecule has 0 aromatic heterocycles. The Hall–Kier alpha value is -1.43. The molecular weight excluding hydrogens is 283 g/mol. The van der Waals surface area contributed by atoms with E-state index in [-0.39, 0.29) is 0 Å². The molecule has 0 unspecified atom stereocenters. The van der Waals surface area contributed by atoms with Crippen LogP contribution in [0.5, 0.6) is 5.75 Å². The van der Waals surface area contributed by atoms with E-state index in [0.29, 0.717) is 11.2 Å². The summed E-state index contributed by atoms with van der Waals surface area (Å²) in [4.78, 5) is 1.25. The maximum absolute atomic E-state index is 9.39. The molecule has 3 nitrogen and oxygen atoms in total. The molecule has 0 amide bonds. The summed E-state index contributed by atoms with van der Waals surface area (Å²) in [7, 11) is -0.00300.